The van der Waals surface area contributed by atoms with E-state index < -0.39 is 0 Å². The number of carbonyl (C=O) groups is 1. The minimum absolute atomic E-state index is 0.139. The van der Waals surface area contributed by atoms with E-state index >= 15 is 0 Å². The molecule has 72 valence electrons. The van der Waals surface area contributed by atoms with Crippen LogP contribution in [0, 0.1) is 5.92 Å². The molecular weight excluding hydrogens is 152 g/mol. The van der Waals surface area contributed by atoms with Crippen LogP contribution in [-0.2, 0) is 4.79 Å². The Bertz CT molecular complexity index is 136. The van der Waals surface area contributed by atoms with Crippen LogP contribution in [0.15, 0.2) is 0 Å². The van der Waals surface area contributed by atoms with Crippen molar-refractivity contribution in [2.75, 3.05) is 27.2 Å². The molecule has 0 radical (unpaired) electrons. The van der Waals surface area contributed by atoms with Gasteiger partial charge in [-0.15, -0.1) is 0 Å². The first-order valence-corrected chi connectivity index (χ1v) is 4.56. The summed E-state index contributed by atoms with van der Waals surface area (Å²) in [6, 6.07) is 0. The second kappa shape index (κ2) is 6.00. The largest absolute Gasteiger partial charge is 0.346 e. The summed E-state index contributed by atoms with van der Waals surface area (Å²) in [6.45, 7) is 5.60. The van der Waals surface area contributed by atoms with Gasteiger partial charge in [0, 0.05) is 20.1 Å². The van der Waals surface area contributed by atoms with Gasteiger partial charge in [-0.25, -0.2) is 0 Å². The molecule has 1 N–H and O–H groups in total. The van der Waals surface area contributed by atoms with Gasteiger partial charge in [0.1, 0.15) is 0 Å². The third-order valence-electron chi connectivity index (χ3n) is 2.14. The molecule has 1 amide bonds. The van der Waals surface area contributed by atoms with Crippen LogP contribution in [0.3, 0.4) is 0 Å². The molecule has 0 saturated carbocycles. The Hall–Kier alpha value is -0.570. The fourth-order valence-electron chi connectivity index (χ4n) is 1.12. The summed E-state index contributed by atoms with van der Waals surface area (Å²) in [5.41, 5.74) is 0. The summed E-state index contributed by atoms with van der Waals surface area (Å²) < 4.78 is 0. The summed E-state index contributed by atoms with van der Waals surface area (Å²) in [5, 5.41) is 3.03. The summed E-state index contributed by atoms with van der Waals surface area (Å²) in [4.78, 5) is 13.4. The number of amides is 1. The van der Waals surface area contributed by atoms with Crippen molar-refractivity contribution >= 4 is 5.91 Å². The van der Waals surface area contributed by atoms with Crippen molar-refractivity contribution in [3.05, 3.63) is 0 Å². The normalized spacial score (nSPS) is 12.7. The second-order valence-corrected chi connectivity index (χ2v) is 3.02. The Labute approximate surface area is 75.1 Å². The first-order valence-electron chi connectivity index (χ1n) is 4.56. The Morgan fingerprint density at radius 3 is 2.42 bits per heavy atom. The van der Waals surface area contributed by atoms with Gasteiger partial charge in [-0.1, -0.05) is 6.92 Å². The smallest absolute Gasteiger partial charge is 0.226 e. The zero-order valence-corrected chi connectivity index (χ0v) is 8.55. The molecule has 0 aliphatic heterocycles. The van der Waals surface area contributed by atoms with Gasteiger partial charge in [0.05, 0.1) is 5.92 Å². The van der Waals surface area contributed by atoms with Crippen LogP contribution in [-0.4, -0.2) is 38.0 Å². The number of carbonyl (C=O) groups excluding carboxylic acids is 1. The van der Waals surface area contributed by atoms with Crippen LogP contribution in [0.1, 0.15) is 20.3 Å². The second-order valence-electron chi connectivity index (χ2n) is 3.02. The monoisotopic (exact) mass is 172 g/mol. The summed E-state index contributed by atoms with van der Waals surface area (Å²) in [5.74, 6) is 0.384. The molecule has 1 atom stereocenters. The van der Waals surface area contributed by atoms with Gasteiger partial charge < -0.3 is 10.2 Å². The van der Waals surface area contributed by atoms with Crippen molar-refractivity contribution in [3.8, 4) is 0 Å². The molecule has 0 aromatic carbocycles. The summed E-state index contributed by atoms with van der Waals surface area (Å²) in [6.07, 6.45) is 0.907. The molecule has 3 nitrogen and oxygen atoms in total. The minimum Gasteiger partial charge on any atom is -0.346 e. The van der Waals surface area contributed by atoms with Crippen LogP contribution in [0.4, 0.5) is 0 Å². The highest BCUT2D eigenvalue weighted by atomic mass is 16.2. The lowest BCUT2D eigenvalue weighted by molar-refractivity contribution is -0.133. The van der Waals surface area contributed by atoms with E-state index in [9.17, 15) is 4.79 Å². The van der Waals surface area contributed by atoms with Crippen LogP contribution < -0.4 is 5.32 Å². The zero-order valence-electron chi connectivity index (χ0n) is 8.55. The van der Waals surface area contributed by atoms with Crippen molar-refractivity contribution in [1.82, 2.24) is 10.2 Å². The predicted octanol–water partition coefficient (Wildman–Crippen LogP) is 0.710. The minimum atomic E-state index is 0.139. The van der Waals surface area contributed by atoms with Crippen molar-refractivity contribution in [2.45, 2.75) is 20.3 Å². The third kappa shape index (κ3) is 3.22. The van der Waals surface area contributed by atoms with E-state index in [0.717, 1.165) is 19.5 Å². The van der Waals surface area contributed by atoms with Crippen molar-refractivity contribution in [2.24, 2.45) is 5.92 Å². The fourth-order valence-corrected chi connectivity index (χ4v) is 1.12. The maximum Gasteiger partial charge on any atom is 0.226 e. The molecule has 12 heavy (non-hydrogen) atoms. The molecule has 0 heterocycles. The van der Waals surface area contributed by atoms with Crippen LogP contribution >= 0.6 is 0 Å². The lowest BCUT2D eigenvalue weighted by Gasteiger charge is -2.21. The number of hydrogen-bond acceptors (Lipinski definition) is 2. The van der Waals surface area contributed by atoms with E-state index in [1.165, 1.54) is 0 Å². The molecular formula is C9H20N2O. The van der Waals surface area contributed by atoms with Crippen molar-refractivity contribution in [3.63, 3.8) is 0 Å². The van der Waals surface area contributed by atoms with Gasteiger partial charge in [0.25, 0.3) is 0 Å². The Balaban J connectivity index is 4.01. The Morgan fingerprint density at radius 1 is 1.50 bits per heavy atom. The maximum absolute atomic E-state index is 11.6. The number of hydrogen-bond donors (Lipinski definition) is 1. The third-order valence-corrected chi connectivity index (χ3v) is 2.14. The first-order chi connectivity index (χ1) is 5.67. The summed E-state index contributed by atoms with van der Waals surface area (Å²) in [7, 11) is 3.72. The van der Waals surface area contributed by atoms with E-state index in [-0.39, 0.29) is 11.8 Å². The number of rotatable bonds is 5. The highest BCUT2D eigenvalue weighted by molar-refractivity contribution is 5.78. The quantitative estimate of drug-likeness (QED) is 0.662. The first kappa shape index (κ1) is 11.4. The molecule has 0 aromatic heterocycles. The summed E-state index contributed by atoms with van der Waals surface area (Å²) >= 11 is 0. The highest BCUT2D eigenvalue weighted by Gasteiger charge is 2.17. The van der Waals surface area contributed by atoms with Gasteiger partial charge in [0.2, 0.25) is 5.91 Å². The molecule has 0 fully saturated rings. The van der Waals surface area contributed by atoms with E-state index in [1.807, 2.05) is 27.9 Å². The lowest BCUT2D eigenvalue weighted by Crippen LogP contribution is -2.36. The highest BCUT2D eigenvalue weighted by Crippen LogP contribution is 2.04. The van der Waals surface area contributed by atoms with Gasteiger partial charge in [-0.2, -0.15) is 0 Å². The molecule has 0 spiro atoms. The van der Waals surface area contributed by atoms with E-state index in [1.54, 1.807) is 4.90 Å². The average molecular weight is 172 g/mol. The molecule has 0 bridgehead atoms. The van der Waals surface area contributed by atoms with Crippen molar-refractivity contribution in [1.29, 1.82) is 0 Å². The SMILES string of the molecule is CCC(CNC)C(=O)N(C)CC. The van der Waals surface area contributed by atoms with Gasteiger partial charge >= 0.3 is 0 Å². The molecule has 0 aliphatic carbocycles. The fraction of sp³-hybridized carbons (Fsp3) is 0.889. The Morgan fingerprint density at radius 2 is 2.08 bits per heavy atom. The topological polar surface area (TPSA) is 32.3 Å². The van der Waals surface area contributed by atoms with Gasteiger partial charge in [-0.3, -0.25) is 4.79 Å². The molecule has 0 aromatic rings. The number of nitrogens with one attached hydrogen (secondary N) is 1. The predicted molar refractivity (Wildman–Crippen MR) is 51.0 cm³/mol. The van der Waals surface area contributed by atoms with Gasteiger partial charge in [0.15, 0.2) is 0 Å². The lowest BCUT2D eigenvalue weighted by atomic mass is 10.1. The van der Waals surface area contributed by atoms with Crippen LogP contribution in [0.25, 0.3) is 0 Å². The standard InChI is InChI=1S/C9H20N2O/c1-5-8(7-10-3)9(12)11(4)6-2/h8,10H,5-7H2,1-4H3. The molecule has 1 unspecified atom stereocenters. The van der Waals surface area contributed by atoms with E-state index in [0.29, 0.717) is 0 Å². The molecule has 0 saturated heterocycles. The number of nitrogens with zero attached hydrogens (tertiary/aromatic N) is 1. The zero-order chi connectivity index (χ0) is 9.56. The van der Waals surface area contributed by atoms with E-state index in [2.05, 4.69) is 5.32 Å². The average Bonchev–Trinajstić information content (AvgIpc) is 2.11. The van der Waals surface area contributed by atoms with Crippen LogP contribution in [0.2, 0.25) is 0 Å². The molecule has 0 aliphatic rings. The molecule has 3 heteroatoms. The van der Waals surface area contributed by atoms with Crippen LogP contribution in [0.5, 0.6) is 0 Å². The van der Waals surface area contributed by atoms with Gasteiger partial charge in [-0.05, 0) is 20.4 Å². The van der Waals surface area contributed by atoms with E-state index in [4.69, 9.17) is 0 Å². The maximum atomic E-state index is 11.6. The van der Waals surface area contributed by atoms with Crippen molar-refractivity contribution < 1.29 is 4.79 Å². The Kier molecular flexibility index (Phi) is 5.72. The molecule has 0 rings (SSSR count).